The molecule has 2 bridgehead atoms. The Morgan fingerprint density at radius 2 is 2.31 bits per heavy atom. The second-order valence-corrected chi connectivity index (χ2v) is 8.12. The topological polar surface area (TPSA) is 134 Å². The van der Waals surface area contributed by atoms with Gasteiger partial charge in [0, 0.05) is 12.5 Å². The molecule has 2 fully saturated rings. The molecule has 1 saturated carbocycles. The number of benzene rings is 1. The average Bonchev–Trinajstić information content (AvgIpc) is 3.55. The van der Waals surface area contributed by atoms with E-state index in [1.54, 1.807) is 18.3 Å². The van der Waals surface area contributed by atoms with Crippen LogP contribution in [0.3, 0.4) is 0 Å². The Bertz CT molecular complexity index is 993. The van der Waals surface area contributed by atoms with E-state index in [-0.39, 0.29) is 38.2 Å². The van der Waals surface area contributed by atoms with Crippen LogP contribution in [0.4, 0.5) is 4.39 Å². The average molecular weight is 444 g/mol. The van der Waals surface area contributed by atoms with Crippen molar-refractivity contribution in [3.05, 3.63) is 41.5 Å². The van der Waals surface area contributed by atoms with Gasteiger partial charge in [0.1, 0.15) is 24.2 Å². The monoisotopic (exact) mass is 444 g/mol. The van der Waals surface area contributed by atoms with Crippen LogP contribution in [0.5, 0.6) is 0 Å². The van der Waals surface area contributed by atoms with Crippen LogP contribution >= 0.6 is 0 Å². The predicted molar refractivity (Wildman–Crippen MR) is 109 cm³/mol. The van der Waals surface area contributed by atoms with Gasteiger partial charge in [0.15, 0.2) is 0 Å². The van der Waals surface area contributed by atoms with Gasteiger partial charge in [-0.1, -0.05) is 11.3 Å². The Labute approximate surface area is 184 Å². The number of amides is 1. The number of halogens is 1. The van der Waals surface area contributed by atoms with Crippen molar-refractivity contribution in [1.82, 2.24) is 25.6 Å². The number of hydrogen-bond donors (Lipinski definition) is 3. The van der Waals surface area contributed by atoms with E-state index in [0.29, 0.717) is 28.9 Å². The molecule has 1 amide bonds. The first-order chi connectivity index (χ1) is 15.6. The van der Waals surface area contributed by atoms with Crippen LogP contribution < -0.4 is 10.6 Å². The first-order valence-electron chi connectivity index (χ1n) is 10.6. The molecule has 4 atom stereocenters. The maximum Gasteiger partial charge on any atom is 0.238 e. The fourth-order valence-corrected chi connectivity index (χ4v) is 4.37. The number of ether oxygens (including phenoxy) is 1. The van der Waals surface area contributed by atoms with Crippen molar-refractivity contribution >= 4 is 5.91 Å². The number of rotatable bonds is 10. The summed E-state index contributed by atoms with van der Waals surface area (Å²) in [5.74, 6) is -0.372. The second kappa shape index (κ2) is 10.1. The number of carbonyl (C=O) groups excluding carboxylic acids is 1. The minimum atomic E-state index is -0.818. The van der Waals surface area contributed by atoms with Crippen LogP contribution in [-0.4, -0.2) is 57.5 Å². The van der Waals surface area contributed by atoms with Gasteiger partial charge < -0.3 is 15.4 Å². The number of hydrogen-bond acceptors (Lipinski definition) is 8. The quantitative estimate of drug-likeness (QED) is 0.282. The first kappa shape index (κ1) is 22.3. The number of fused-ring (bicyclic) bond motifs is 2. The Kier molecular flexibility index (Phi) is 7.06. The molecule has 3 N–H and O–H groups in total. The molecule has 1 saturated heterocycles. The highest BCUT2D eigenvalue weighted by Crippen LogP contribution is 2.35. The summed E-state index contributed by atoms with van der Waals surface area (Å²) >= 11 is 0. The van der Waals surface area contributed by atoms with E-state index in [1.807, 2.05) is 0 Å². The summed E-state index contributed by atoms with van der Waals surface area (Å²) in [6, 6.07) is 5.92. The molecule has 11 heteroatoms. The fraction of sp³-hybridized carbons (Fsp3) is 0.524. The van der Waals surface area contributed by atoms with Crippen LogP contribution in [0, 0.1) is 23.1 Å². The zero-order valence-corrected chi connectivity index (χ0v) is 17.4. The Hall–Kier alpha value is -2.91. The lowest BCUT2D eigenvalue weighted by Crippen LogP contribution is -2.50. The standard InChI is InChI=1S/C21H25FN6O4/c22-19-9-18(28-11-17(26-27-28)12-31-5-6-32-30)4-2-13(19)7-16(10-23)25-21(29)20-14-1-3-15(8-14)24-20/h2,4,9,11,14-16,20,24,30H,1,3,5-8,12H2,(H,25,29)/t14-,15+,16-,20-/m0/s1. The highest BCUT2D eigenvalue weighted by molar-refractivity contribution is 5.83. The first-order valence-corrected chi connectivity index (χ1v) is 10.6. The van der Waals surface area contributed by atoms with Gasteiger partial charge in [0.25, 0.3) is 0 Å². The van der Waals surface area contributed by atoms with Gasteiger partial charge in [0.05, 0.1) is 37.2 Å². The third-order valence-electron chi connectivity index (χ3n) is 5.95. The molecule has 2 heterocycles. The molecule has 0 radical (unpaired) electrons. The molecule has 0 spiro atoms. The largest absolute Gasteiger partial charge is 0.373 e. The summed E-state index contributed by atoms with van der Waals surface area (Å²) < 4.78 is 21.4. The van der Waals surface area contributed by atoms with E-state index in [9.17, 15) is 14.4 Å². The van der Waals surface area contributed by atoms with Gasteiger partial charge in [-0.05, 0) is 42.9 Å². The number of carbonyl (C=O) groups is 1. The van der Waals surface area contributed by atoms with Gasteiger partial charge in [0.2, 0.25) is 5.91 Å². The summed E-state index contributed by atoms with van der Waals surface area (Å²) in [7, 11) is 0. The summed E-state index contributed by atoms with van der Waals surface area (Å²) in [5, 5.41) is 31.7. The highest BCUT2D eigenvalue weighted by atomic mass is 19.1. The minimum absolute atomic E-state index is 0.0449. The van der Waals surface area contributed by atoms with Crippen LogP contribution in [0.25, 0.3) is 5.69 Å². The molecular formula is C21H25FN6O4. The Morgan fingerprint density at radius 1 is 1.44 bits per heavy atom. The molecule has 2 aromatic rings. The van der Waals surface area contributed by atoms with Crippen LogP contribution in [0.15, 0.2) is 24.4 Å². The Balaban J connectivity index is 1.35. The second-order valence-electron chi connectivity index (χ2n) is 8.12. The van der Waals surface area contributed by atoms with Gasteiger partial charge in [-0.15, -0.1) is 5.10 Å². The summed E-state index contributed by atoms with van der Waals surface area (Å²) in [6.07, 6.45) is 4.79. The number of nitriles is 1. The number of nitrogens with zero attached hydrogens (tertiary/aromatic N) is 4. The Morgan fingerprint density at radius 3 is 3.00 bits per heavy atom. The maximum absolute atomic E-state index is 14.7. The van der Waals surface area contributed by atoms with Crippen molar-refractivity contribution in [2.24, 2.45) is 5.92 Å². The normalized spacial score (nSPS) is 22.6. The van der Waals surface area contributed by atoms with Crippen molar-refractivity contribution in [1.29, 1.82) is 5.26 Å². The van der Waals surface area contributed by atoms with Crippen LogP contribution in [0.2, 0.25) is 0 Å². The molecule has 32 heavy (non-hydrogen) atoms. The fourth-order valence-electron chi connectivity index (χ4n) is 4.37. The summed E-state index contributed by atoms with van der Waals surface area (Å²) in [4.78, 5) is 16.5. The number of nitrogens with one attached hydrogen (secondary N) is 2. The van der Waals surface area contributed by atoms with Crippen molar-refractivity contribution in [2.45, 2.75) is 50.4 Å². The van der Waals surface area contributed by atoms with E-state index in [0.717, 1.165) is 19.3 Å². The maximum atomic E-state index is 14.7. The van der Waals surface area contributed by atoms with E-state index in [4.69, 9.17) is 9.99 Å². The van der Waals surface area contributed by atoms with E-state index >= 15 is 0 Å². The zero-order chi connectivity index (χ0) is 22.5. The van der Waals surface area contributed by atoms with Gasteiger partial charge >= 0.3 is 0 Å². The van der Waals surface area contributed by atoms with Crippen molar-refractivity contribution in [3.63, 3.8) is 0 Å². The predicted octanol–water partition coefficient (Wildman–Crippen LogP) is 1.10. The third-order valence-corrected chi connectivity index (χ3v) is 5.95. The molecule has 170 valence electrons. The van der Waals surface area contributed by atoms with Crippen LogP contribution in [0.1, 0.15) is 30.5 Å². The lowest BCUT2D eigenvalue weighted by atomic mass is 9.98. The van der Waals surface area contributed by atoms with Crippen molar-refractivity contribution < 1.29 is 24.1 Å². The minimum Gasteiger partial charge on any atom is -0.373 e. The van der Waals surface area contributed by atoms with Crippen molar-refractivity contribution in [2.75, 3.05) is 13.2 Å². The molecule has 1 aliphatic heterocycles. The molecule has 4 rings (SSSR count). The molecule has 10 nitrogen and oxygen atoms in total. The van der Waals surface area contributed by atoms with Crippen molar-refractivity contribution in [3.8, 4) is 11.8 Å². The third kappa shape index (κ3) is 5.11. The SMILES string of the molecule is N#C[C@H](Cc1ccc(-n2cc(COCCOO)nn2)cc1F)NC(=O)[C@H]1N[C@@H]2CC[C@H]1C2. The lowest BCUT2D eigenvalue weighted by Gasteiger charge is -2.23. The number of aromatic nitrogens is 3. The molecule has 2 aliphatic rings. The summed E-state index contributed by atoms with van der Waals surface area (Å²) in [6.45, 7) is 0.412. The van der Waals surface area contributed by atoms with E-state index < -0.39 is 11.9 Å². The highest BCUT2D eigenvalue weighted by Gasteiger charge is 2.43. The zero-order valence-electron chi connectivity index (χ0n) is 17.4. The summed E-state index contributed by atoms with van der Waals surface area (Å²) in [5.41, 5.74) is 1.33. The van der Waals surface area contributed by atoms with E-state index in [1.165, 1.54) is 10.7 Å². The molecular weight excluding hydrogens is 419 g/mol. The molecule has 0 unspecified atom stereocenters. The van der Waals surface area contributed by atoms with E-state index in [2.05, 4.69) is 31.9 Å². The van der Waals surface area contributed by atoms with Gasteiger partial charge in [-0.3, -0.25) is 10.1 Å². The molecule has 1 aliphatic carbocycles. The molecule has 1 aromatic heterocycles. The smallest absolute Gasteiger partial charge is 0.238 e. The van der Waals surface area contributed by atoms with Crippen LogP contribution in [-0.2, 0) is 27.4 Å². The van der Waals surface area contributed by atoms with Gasteiger partial charge in [-0.25, -0.2) is 14.0 Å². The number of piperidine rings is 1. The molecule has 1 aromatic carbocycles. The lowest BCUT2D eigenvalue weighted by molar-refractivity contribution is -0.249. The van der Waals surface area contributed by atoms with Gasteiger partial charge in [-0.2, -0.15) is 5.26 Å².